The zero-order valence-electron chi connectivity index (χ0n) is 17.9. The van der Waals surface area contributed by atoms with Crippen molar-refractivity contribution in [1.82, 2.24) is 20.3 Å². The smallest absolute Gasteiger partial charge is 0.242 e. The lowest BCUT2D eigenvalue weighted by Crippen LogP contribution is -2.58. The van der Waals surface area contributed by atoms with Crippen molar-refractivity contribution >= 4 is 21.8 Å². The number of carbonyl (C=O) groups is 2. The first-order valence-electron chi connectivity index (χ1n) is 9.70. The summed E-state index contributed by atoms with van der Waals surface area (Å²) in [5.41, 5.74) is 0. The van der Waals surface area contributed by atoms with Gasteiger partial charge in [-0.05, 0) is 39.0 Å². The molecule has 0 aromatic heterocycles. The minimum absolute atomic E-state index is 0.138. The first-order chi connectivity index (χ1) is 12.7. The number of likely N-dealkylation sites (N-methyl/N-ethyl adjacent to an activating group) is 1. The van der Waals surface area contributed by atoms with Gasteiger partial charge in [0, 0.05) is 19.6 Å². The Morgan fingerprint density at radius 3 is 2.29 bits per heavy atom. The summed E-state index contributed by atoms with van der Waals surface area (Å²) >= 11 is 0. The van der Waals surface area contributed by atoms with Crippen molar-refractivity contribution in [3.63, 3.8) is 0 Å². The topological polar surface area (TPSA) is 128 Å². The van der Waals surface area contributed by atoms with Crippen LogP contribution in [0.5, 0.6) is 0 Å². The van der Waals surface area contributed by atoms with Crippen LogP contribution in [0.15, 0.2) is 0 Å². The summed E-state index contributed by atoms with van der Waals surface area (Å²) in [4.78, 5) is 24.9. The third-order valence-electron chi connectivity index (χ3n) is 5.78. The number of piperidine rings is 1. The Hall–Kier alpha value is -1.23. The molecule has 1 rings (SSSR count). The number of aliphatic hydroxyl groups excluding tert-OH is 1. The molecule has 0 aromatic carbocycles. The second-order valence-corrected chi connectivity index (χ2v) is 10.3. The third-order valence-corrected chi connectivity index (χ3v) is 7.07. The summed E-state index contributed by atoms with van der Waals surface area (Å²) in [5.74, 6) is 0.209. The molecule has 0 radical (unpaired) electrons. The lowest BCUT2D eigenvalue weighted by molar-refractivity contribution is -0.131. The summed E-state index contributed by atoms with van der Waals surface area (Å²) in [6, 6.07) is -1.58. The van der Waals surface area contributed by atoms with Gasteiger partial charge in [0.2, 0.25) is 21.8 Å². The molecule has 10 heteroatoms. The highest BCUT2D eigenvalue weighted by Crippen LogP contribution is 2.25. The molecule has 1 aliphatic rings. The number of hydrogen-bond donors (Lipinski definition) is 4. The van der Waals surface area contributed by atoms with E-state index in [-0.39, 0.29) is 24.5 Å². The predicted octanol–water partition coefficient (Wildman–Crippen LogP) is -0.729. The van der Waals surface area contributed by atoms with Crippen molar-refractivity contribution in [3.8, 4) is 0 Å². The molecular formula is C18H36N4O5S. The van der Waals surface area contributed by atoms with Gasteiger partial charge in [0.15, 0.2) is 0 Å². The molecule has 1 heterocycles. The number of hydrogen-bond acceptors (Lipinski definition) is 6. The van der Waals surface area contributed by atoms with E-state index in [9.17, 15) is 23.1 Å². The number of rotatable bonds is 8. The van der Waals surface area contributed by atoms with Gasteiger partial charge in [0.1, 0.15) is 6.04 Å². The molecule has 0 aliphatic carbocycles. The van der Waals surface area contributed by atoms with E-state index in [1.165, 1.54) is 7.05 Å². The van der Waals surface area contributed by atoms with Gasteiger partial charge in [-0.1, -0.05) is 13.8 Å². The molecule has 9 nitrogen and oxygen atoms in total. The normalized spacial score (nSPS) is 29.0. The molecule has 164 valence electrons. The fourth-order valence-electron chi connectivity index (χ4n) is 3.18. The Kier molecular flexibility index (Phi) is 8.86. The van der Waals surface area contributed by atoms with E-state index in [4.69, 9.17) is 0 Å². The van der Waals surface area contributed by atoms with Crippen LogP contribution in [-0.2, 0) is 19.6 Å². The van der Waals surface area contributed by atoms with Crippen LogP contribution in [0, 0.1) is 11.8 Å². The highest BCUT2D eigenvalue weighted by molar-refractivity contribution is 7.88. The number of carbonyl (C=O) groups excluding carboxylic acids is 2. The molecule has 0 bridgehead atoms. The zero-order valence-corrected chi connectivity index (χ0v) is 18.7. The average molecular weight is 421 g/mol. The number of aliphatic hydroxyl groups is 1. The molecule has 7 unspecified atom stereocenters. The first kappa shape index (κ1) is 24.8. The lowest BCUT2D eigenvalue weighted by Gasteiger charge is -2.38. The molecule has 0 spiro atoms. The van der Waals surface area contributed by atoms with Crippen LogP contribution in [0.3, 0.4) is 0 Å². The van der Waals surface area contributed by atoms with Crippen LogP contribution in [0.1, 0.15) is 41.0 Å². The van der Waals surface area contributed by atoms with Crippen molar-refractivity contribution in [1.29, 1.82) is 0 Å². The summed E-state index contributed by atoms with van der Waals surface area (Å²) in [6.45, 7) is 9.34. The van der Waals surface area contributed by atoms with Crippen LogP contribution in [0.25, 0.3) is 0 Å². The Morgan fingerprint density at radius 1 is 1.21 bits per heavy atom. The molecule has 2 amide bonds. The van der Waals surface area contributed by atoms with Gasteiger partial charge < -0.3 is 21.1 Å². The molecule has 1 aliphatic heterocycles. The van der Waals surface area contributed by atoms with Crippen LogP contribution < -0.4 is 16.0 Å². The molecule has 7 atom stereocenters. The Labute approximate surface area is 168 Å². The highest BCUT2D eigenvalue weighted by atomic mass is 32.2. The van der Waals surface area contributed by atoms with E-state index in [2.05, 4.69) is 29.8 Å². The molecule has 1 saturated heterocycles. The van der Waals surface area contributed by atoms with E-state index in [0.29, 0.717) is 18.3 Å². The van der Waals surface area contributed by atoms with Crippen LogP contribution in [-0.4, -0.2) is 79.8 Å². The number of nitrogens with zero attached hydrogens (tertiary/aromatic N) is 1. The fraction of sp³-hybridized carbons (Fsp3) is 0.889. The molecule has 4 N–H and O–H groups in total. The third kappa shape index (κ3) is 6.98. The van der Waals surface area contributed by atoms with Crippen LogP contribution in [0.2, 0.25) is 0 Å². The van der Waals surface area contributed by atoms with E-state index < -0.39 is 34.1 Å². The SMILES string of the molecule is CC(NC(=O)C1CC(C)C(C)C(C)N1)C(=O)NC(C)C(O)CN(C)S(C)(=O)=O. The van der Waals surface area contributed by atoms with Gasteiger partial charge in [-0.3, -0.25) is 9.59 Å². The van der Waals surface area contributed by atoms with Crippen molar-refractivity contribution in [2.75, 3.05) is 19.8 Å². The summed E-state index contributed by atoms with van der Waals surface area (Å²) in [6.07, 6.45) is 0.677. The number of sulfonamides is 1. The van der Waals surface area contributed by atoms with Crippen LogP contribution >= 0.6 is 0 Å². The van der Waals surface area contributed by atoms with E-state index in [1.807, 2.05) is 6.92 Å². The molecular weight excluding hydrogens is 384 g/mol. The van der Waals surface area contributed by atoms with Crippen molar-refractivity contribution in [3.05, 3.63) is 0 Å². The molecule has 0 aromatic rings. The minimum Gasteiger partial charge on any atom is -0.390 e. The van der Waals surface area contributed by atoms with Crippen molar-refractivity contribution in [2.45, 2.75) is 71.3 Å². The van der Waals surface area contributed by atoms with Gasteiger partial charge in [0.05, 0.1) is 24.4 Å². The standard InChI is InChI=1S/C18H36N4O5S/c1-10-8-15(19-12(3)11(10)2)18(25)21-14(5)17(24)20-13(4)16(23)9-22(6)28(7,26)27/h10-16,19,23H,8-9H2,1-7H3,(H,20,24)(H,21,25). The van der Waals surface area contributed by atoms with E-state index in [0.717, 1.165) is 10.6 Å². The van der Waals surface area contributed by atoms with Gasteiger partial charge in [0.25, 0.3) is 0 Å². The van der Waals surface area contributed by atoms with E-state index in [1.54, 1.807) is 13.8 Å². The van der Waals surface area contributed by atoms with Gasteiger partial charge >= 0.3 is 0 Å². The fourth-order valence-corrected chi connectivity index (χ4v) is 3.60. The highest BCUT2D eigenvalue weighted by Gasteiger charge is 2.34. The Balaban J connectivity index is 2.54. The summed E-state index contributed by atoms with van der Waals surface area (Å²) in [7, 11) is -2.06. The van der Waals surface area contributed by atoms with Crippen molar-refractivity contribution in [2.24, 2.45) is 11.8 Å². The quantitative estimate of drug-likeness (QED) is 0.410. The van der Waals surface area contributed by atoms with Gasteiger partial charge in [-0.15, -0.1) is 0 Å². The maximum absolute atomic E-state index is 12.5. The van der Waals surface area contributed by atoms with Crippen LogP contribution in [0.4, 0.5) is 0 Å². The molecule has 0 saturated carbocycles. The largest absolute Gasteiger partial charge is 0.390 e. The molecule has 28 heavy (non-hydrogen) atoms. The minimum atomic E-state index is -3.42. The number of amides is 2. The van der Waals surface area contributed by atoms with Crippen molar-refractivity contribution < 1.29 is 23.1 Å². The average Bonchev–Trinajstić information content (AvgIpc) is 2.57. The second-order valence-electron chi connectivity index (χ2n) is 8.22. The first-order valence-corrected chi connectivity index (χ1v) is 11.5. The number of nitrogens with one attached hydrogen (secondary N) is 3. The Bertz CT molecular complexity index is 644. The maximum Gasteiger partial charge on any atom is 0.242 e. The summed E-state index contributed by atoms with van der Waals surface area (Å²) in [5, 5.41) is 18.8. The van der Waals surface area contributed by atoms with Gasteiger partial charge in [-0.25, -0.2) is 12.7 Å². The van der Waals surface area contributed by atoms with E-state index >= 15 is 0 Å². The van der Waals surface area contributed by atoms with Gasteiger partial charge in [-0.2, -0.15) is 0 Å². The monoisotopic (exact) mass is 420 g/mol. The maximum atomic E-state index is 12.5. The zero-order chi connectivity index (χ0) is 21.8. The Morgan fingerprint density at radius 2 is 1.79 bits per heavy atom. The summed E-state index contributed by atoms with van der Waals surface area (Å²) < 4.78 is 23.9. The predicted molar refractivity (Wildman–Crippen MR) is 108 cm³/mol. The lowest BCUT2D eigenvalue weighted by atomic mass is 9.80. The second kappa shape index (κ2) is 10.00. The molecule has 1 fully saturated rings.